The lowest BCUT2D eigenvalue weighted by molar-refractivity contribution is 0.226. The molecule has 0 saturated heterocycles. The van der Waals surface area contributed by atoms with Crippen molar-refractivity contribution in [2.45, 2.75) is 50.0 Å². The van der Waals surface area contributed by atoms with Gasteiger partial charge < -0.3 is 5.32 Å². The molecule has 0 amide bonds. The molecule has 0 atom stereocenters. The molecule has 1 N–H and O–H groups in total. The van der Waals surface area contributed by atoms with Gasteiger partial charge in [0.25, 0.3) is 0 Å². The summed E-state index contributed by atoms with van der Waals surface area (Å²) in [6.07, 6.45) is 9.36. The zero-order valence-corrected chi connectivity index (χ0v) is 13.8. The van der Waals surface area contributed by atoms with Crippen LogP contribution in [0.25, 0.3) is 0 Å². The Hall–Kier alpha value is -0.980. The molecule has 114 valence electrons. The molecule has 3 heteroatoms. The van der Waals surface area contributed by atoms with Gasteiger partial charge in [-0.25, -0.2) is 0 Å². The first-order valence-corrected chi connectivity index (χ1v) is 9.39. The number of hydrogen-bond donors (Lipinski definition) is 1. The van der Waals surface area contributed by atoms with Crippen LogP contribution in [0.2, 0.25) is 0 Å². The monoisotopic (exact) mass is 302 g/mol. The Morgan fingerprint density at radius 3 is 2.57 bits per heavy atom. The summed E-state index contributed by atoms with van der Waals surface area (Å²) in [7, 11) is 0. The Balaban J connectivity index is 1.63. The molecule has 21 heavy (non-hydrogen) atoms. The van der Waals surface area contributed by atoms with Crippen molar-refractivity contribution in [3.05, 3.63) is 35.9 Å². The summed E-state index contributed by atoms with van der Waals surface area (Å²) in [5.74, 6) is 1.29. The van der Waals surface area contributed by atoms with Crippen LogP contribution in [-0.2, 0) is 5.41 Å². The average Bonchev–Trinajstić information content (AvgIpc) is 2.49. The van der Waals surface area contributed by atoms with Crippen molar-refractivity contribution in [3.63, 3.8) is 0 Å². The molecule has 0 aromatic heterocycles. The van der Waals surface area contributed by atoms with Gasteiger partial charge in [0.05, 0.1) is 11.5 Å². The minimum atomic E-state index is -0.239. The minimum Gasteiger partial charge on any atom is -0.314 e. The molecular weight excluding hydrogens is 276 g/mol. The van der Waals surface area contributed by atoms with Crippen LogP contribution in [0.5, 0.6) is 0 Å². The van der Waals surface area contributed by atoms with E-state index >= 15 is 0 Å². The average molecular weight is 302 g/mol. The van der Waals surface area contributed by atoms with Crippen LogP contribution in [0.4, 0.5) is 0 Å². The fourth-order valence-corrected chi connectivity index (χ4v) is 3.60. The number of rotatable bonds is 9. The summed E-state index contributed by atoms with van der Waals surface area (Å²) in [6, 6.07) is 13.3. The lowest BCUT2D eigenvalue weighted by atomic mass is 9.62. The molecule has 1 saturated carbocycles. The van der Waals surface area contributed by atoms with E-state index in [1.165, 1.54) is 37.0 Å². The second-order valence-electron chi connectivity index (χ2n) is 6.03. The molecule has 0 radical (unpaired) electrons. The Morgan fingerprint density at radius 2 is 1.90 bits per heavy atom. The molecule has 0 spiro atoms. The number of nitriles is 1. The minimum absolute atomic E-state index is 0.239. The Kier molecular flexibility index (Phi) is 6.60. The van der Waals surface area contributed by atoms with Crippen molar-refractivity contribution >= 4 is 11.8 Å². The summed E-state index contributed by atoms with van der Waals surface area (Å²) < 4.78 is 0. The van der Waals surface area contributed by atoms with E-state index in [1.54, 1.807) is 0 Å². The Bertz CT molecular complexity index is 446. The third-order valence-electron chi connectivity index (χ3n) is 4.44. The summed E-state index contributed by atoms with van der Waals surface area (Å²) >= 11 is 1.94. The van der Waals surface area contributed by atoms with E-state index < -0.39 is 0 Å². The van der Waals surface area contributed by atoms with Gasteiger partial charge in [-0.2, -0.15) is 17.0 Å². The maximum atomic E-state index is 9.52. The number of hydrogen-bond acceptors (Lipinski definition) is 3. The van der Waals surface area contributed by atoms with Crippen molar-refractivity contribution in [1.29, 1.82) is 5.26 Å². The fraction of sp³-hybridized carbons (Fsp3) is 0.611. The second kappa shape index (κ2) is 8.46. The molecule has 0 aliphatic heterocycles. The van der Waals surface area contributed by atoms with Crippen molar-refractivity contribution in [2.24, 2.45) is 0 Å². The number of unbranched alkanes of at least 4 members (excludes halogenated alkanes) is 3. The highest BCUT2D eigenvalue weighted by molar-refractivity contribution is 7.98. The molecule has 0 heterocycles. The van der Waals surface area contributed by atoms with Gasteiger partial charge in [0.1, 0.15) is 0 Å². The first-order valence-electron chi connectivity index (χ1n) is 8.00. The molecule has 0 unspecified atom stereocenters. The first kappa shape index (κ1) is 16.4. The number of benzene rings is 1. The summed E-state index contributed by atoms with van der Waals surface area (Å²) in [6.45, 7) is 1.10. The van der Waals surface area contributed by atoms with E-state index in [0.29, 0.717) is 6.04 Å². The van der Waals surface area contributed by atoms with E-state index in [-0.39, 0.29) is 5.41 Å². The highest BCUT2D eigenvalue weighted by Crippen LogP contribution is 2.43. The smallest absolute Gasteiger partial charge is 0.0852 e. The van der Waals surface area contributed by atoms with Crippen LogP contribution in [0.1, 0.15) is 44.1 Å². The van der Waals surface area contributed by atoms with E-state index in [0.717, 1.165) is 19.4 Å². The predicted molar refractivity (Wildman–Crippen MR) is 91.6 cm³/mol. The quantitative estimate of drug-likeness (QED) is 0.697. The molecule has 1 fully saturated rings. The third kappa shape index (κ3) is 4.49. The molecule has 1 aliphatic rings. The molecule has 0 bridgehead atoms. The van der Waals surface area contributed by atoms with Gasteiger partial charge in [-0.1, -0.05) is 43.2 Å². The Labute approximate surface area is 133 Å². The van der Waals surface area contributed by atoms with Gasteiger partial charge >= 0.3 is 0 Å². The van der Waals surface area contributed by atoms with E-state index in [2.05, 4.69) is 29.8 Å². The van der Waals surface area contributed by atoms with Crippen molar-refractivity contribution in [1.82, 2.24) is 5.32 Å². The van der Waals surface area contributed by atoms with E-state index in [4.69, 9.17) is 0 Å². The van der Waals surface area contributed by atoms with E-state index in [1.807, 2.05) is 30.0 Å². The zero-order chi connectivity index (χ0) is 15.0. The maximum absolute atomic E-state index is 9.52. The lowest BCUT2D eigenvalue weighted by Gasteiger charge is -2.43. The topological polar surface area (TPSA) is 35.8 Å². The molecule has 2 nitrogen and oxygen atoms in total. The highest BCUT2D eigenvalue weighted by atomic mass is 32.2. The molecule has 2 rings (SSSR count). The maximum Gasteiger partial charge on any atom is 0.0852 e. The SMILES string of the molecule is CSCCCCCCNC1CC(C#N)(c2ccccc2)C1. The summed E-state index contributed by atoms with van der Waals surface area (Å²) in [5.41, 5.74) is 0.944. The van der Waals surface area contributed by atoms with Crippen LogP contribution < -0.4 is 5.32 Å². The van der Waals surface area contributed by atoms with Crippen molar-refractivity contribution in [3.8, 4) is 6.07 Å². The Morgan fingerprint density at radius 1 is 1.19 bits per heavy atom. The number of thioether (sulfide) groups is 1. The van der Waals surface area contributed by atoms with Crippen LogP contribution in [0.3, 0.4) is 0 Å². The molecule has 1 aromatic rings. The molecule has 1 aromatic carbocycles. The van der Waals surface area contributed by atoms with Gasteiger partial charge in [-0.05, 0) is 49.8 Å². The summed E-state index contributed by atoms with van der Waals surface area (Å²) in [4.78, 5) is 0. The van der Waals surface area contributed by atoms with Crippen molar-refractivity contribution < 1.29 is 0 Å². The normalized spacial score (nSPS) is 24.3. The van der Waals surface area contributed by atoms with Gasteiger partial charge in [0.15, 0.2) is 0 Å². The third-order valence-corrected chi connectivity index (χ3v) is 5.14. The largest absolute Gasteiger partial charge is 0.314 e. The van der Waals surface area contributed by atoms with Crippen LogP contribution in [0, 0.1) is 11.3 Å². The van der Waals surface area contributed by atoms with Gasteiger partial charge in [0.2, 0.25) is 0 Å². The number of nitrogens with one attached hydrogen (secondary N) is 1. The second-order valence-corrected chi connectivity index (χ2v) is 7.01. The lowest BCUT2D eigenvalue weighted by Crippen LogP contribution is -2.51. The van der Waals surface area contributed by atoms with Gasteiger partial charge in [0, 0.05) is 6.04 Å². The fourth-order valence-electron chi connectivity index (χ4n) is 3.11. The van der Waals surface area contributed by atoms with Crippen LogP contribution in [0.15, 0.2) is 30.3 Å². The standard InChI is InChI=1S/C18H26N2S/c1-21-12-8-3-2-7-11-20-17-13-18(14-17,15-19)16-9-5-4-6-10-16/h4-6,9-10,17,20H,2-3,7-8,11-14H2,1H3. The predicted octanol–water partition coefficient (Wildman–Crippen LogP) is 4.12. The highest BCUT2D eigenvalue weighted by Gasteiger charge is 2.45. The van der Waals surface area contributed by atoms with Gasteiger partial charge in [-0.3, -0.25) is 0 Å². The van der Waals surface area contributed by atoms with E-state index in [9.17, 15) is 5.26 Å². The first-order chi connectivity index (χ1) is 10.3. The zero-order valence-electron chi connectivity index (χ0n) is 13.0. The van der Waals surface area contributed by atoms with Gasteiger partial charge in [-0.15, -0.1) is 0 Å². The number of nitrogens with zero attached hydrogens (tertiary/aromatic N) is 1. The molecular formula is C18H26N2S. The van der Waals surface area contributed by atoms with Crippen LogP contribution in [-0.4, -0.2) is 24.6 Å². The molecule has 1 aliphatic carbocycles. The van der Waals surface area contributed by atoms with Crippen molar-refractivity contribution in [2.75, 3.05) is 18.6 Å². The van der Waals surface area contributed by atoms with Crippen LogP contribution >= 0.6 is 11.8 Å². The summed E-state index contributed by atoms with van der Waals surface area (Å²) in [5, 5.41) is 13.1.